The number of thiazole rings is 1. The van der Waals surface area contributed by atoms with Crippen molar-refractivity contribution in [2.24, 2.45) is 0 Å². The predicted molar refractivity (Wildman–Crippen MR) is 89.6 cm³/mol. The van der Waals surface area contributed by atoms with Gasteiger partial charge in [-0.05, 0) is 13.8 Å². The van der Waals surface area contributed by atoms with Gasteiger partial charge in [-0.2, -0.15) is 0 Å². The van der Waals surface area contributed by atoms with E-state index in [0.29, 0.717) is 23.7 Å². The number of aliphatic hydroxyl groups excluding tert-OH is 1. The molecule has 0 unspecified atom stereocenters. The Morgan fingerprint density at radius 1 is 1.39 bits per heavy atom. The highest BCUT2D eigenvalue weighted by Gasteiger charge is 2.35. The number of likely N-dealkylation sites (N-methyl/N-ethyl adjacent to an activating group) is 1. The molecule has 23 heavy (non-hydrogen) atoms. The van der Waals surface area contributed by atoms with E-state index in [4.69, 9.17) is 4.74 Å². The van der Waals surface area contributed by atoms with Gasteiger partial charge in [-0.1, -0.05) is 30.3 Å². The zero-order valence-corrected chi connectivity index (χ0v) is 14.0. The first-order valence-electron chi connectivity index (χ1n) is 7.71. The summed E-state index contributed by atoms with van der Waals surface area (Å²) < 4.78 is 5.30. The van der Waals surface area contributed by atoms with Gasteiger partial charge in [0.15, 0.2) is 0 Å². The Balaban J connectivity index is 1.96. The van der Waals surface area contributed by atoms with E-state index in [1.165, 1.54) is 11.3 Å². The van der Waals surface area contributed by atoms with Gasteiger partial charge in [-0.15, -0.1) is 11.3 Å². The van der Waals surface area contributed by atoms with E-state index in [1.54, 1.807) is 4.90 Å². The van der Waals surface area contributed by atoms with Crippen molar-refractivity contribution in [1.82, 2.24) is 9.88 Å². The third-order valence-electron chi connectivity index (χ3n) is 4.00. The van der Waals surface area contributed by atoms with Gasteiger partial charge in [0.2, 0.25) is 0 Å². The molecule has 122 valence electrons. The summed E-state index contributed by atoms with van der Waals surface area (Å²) >= 11 is 1.40. The number of carbonyl (C=O) groups is 1. The number of aryl methyl sites for hydroxylation is 1. The molecule has 1 aromatic carbocycles. The van der Waals surface area contributed by atoms with Crippen molar-refractivity contribution in [3.05, 3.63) is 40.2 Å². The third kappa shape index (κ3) is 3.15. The molecule has 1 aromatic heterocycles. The Hall–Kier alpha value is -1.76. The molecule has 2 heterocycles. The number of rotatable bonds is 4. The van der Waals surface area contributed by atoms with Crippen LogP contribution >= 0.6 is 11.3 Å². The molecule has 0 spiro atoms. The van der Waals surface area contributed by atoms with E-state index in [1.807, 2.05) is 44.2 Å². The fourth-order valence-electron chi connectivity index (χ4n) is 2.85. The largest absolute Gasteiger partial charge is 0.388 e. The summed E-state index contributed by atoms with van der Waals surface area (Å²) in [5.74, 6) is -0.0912. The number of aliphatic hydroxyl groups is 1. The first-order chi connectivity index (χ1) is 11.1. The van der Waals surface area contributed by atoms with Crippen LogP contribution in [0.25, 0.3) is 11.3 Å². The van der Waals surface area contributed by atoms with Gasteiger partial charge in [0.1, 0.15) is 4.88 Å². The summed E-state index contributed by atoms with van der Waals surface area (Å²) in [6, 6.07) is 9.42. The van der Waals surface area contributed by atoms with Crippen LogP contribution in [-0.2, 0) is 4.74 Å². The van der Waals surface area contributed by atoms with Gasteiger partial charge in [0.25, 0.3) is 5.91 Å². The van der Waals surface area contributed by atoms with Crippen LogP contribution < -0.4 is 0 Å². The highest BCUT2D eigenvalue weighted by Crippen LogP contribution is 2.30. The predicted octanol–water partition coefficient (Wildman–Crippen LogP) is 2.34. The standard InChI is InChI=1S/C17H20N2O3S/c1-3-19(13-9-22-10-14(13)20)17(21)16-15(18-11(2)23-16)12-7-5-4-6-8-12/h4-8,13-14,20H,3,9-10H2,1-2H3/t13-,14-/m0/s1. The minimum Gasteiger partial charge on any atom is -0.388 e. The molecule has 1 aliphatic heterocycles. The molecule has 6 heteroatoms. The van der Waals surface area contributed by atoms with E-state index in [0.717, 1.165) is 10.6 Å². The molecule has 1 saturated heterocycles. The molecule has 1 aliphatic rings. The molecule has 0 bridgehead atoms. The molecule has 1 N–H and O–H groups in total. The summed E-state index contributed by atoms with van der Waals surface area (Å²) in [6.45, 7) is 4.99. The van der Waals surface area contributed by atoms with Gasteiger partial charge < -0.3 is 14.7 Å². The topological polar surface area (TPSA) is 62.7 Å². The van der Waals surface area contributed by atoms with E-state index < -0.39 is 6.10 Å². The minimum absolute atomic E-state index is 0.0912. The summed E-state index contributed by atoms with van der Waals surface area (Å²) in [5.41, 5.74) is 1.64. The second kappa shape index (κ2) is 6.78. The lowest BCUT2D eigenvalue weighted by molar-refractivity contribution is 0.0525. The molecular formula is C17H20N2O3S. The van der Waals surface area contributed by atoms with E-state index >= 15 is 0 Å². The third-order valence-corrected chi connectivity index (χ3v) is 4.96. The summed E-state index contributed by atoms with van der Waals surface area (Å²) in [4.78, 5) is 19.9. The molecule has 0 radical (unpaired) electrons. The Bertz CT molecular complexity index is 686. The minimum atomic E-state index is -0.631. The summed E-state index contributed by atoms with van der Waals surface area (Å²) in [6.07, 6.45) is -0.631. The Kier molecular flexibility index (Phi) is 4.75. The van der Waals surface area contributed by atoms with E-state index in [-0.39, 0.29) is 18.6 Å². The normalized spacial score (nSPS) is 20.7. The smallest absolute Gasteiger partial charge is 0.266 e. The molecule has 5 nitrogen and oxygen atoms in total. The highest BCUT2D eigenvalue weighted by molar-refractivity contribution is 7.14. The zero-order valence-electron chi connectivity index (χ0n) is 13.2. The van der Waals surface area contributed by atoms with Crippen molar-refractivity contribution in [1.29, 1.82) is 0 Å². The fourth-order valence-corrected chi connectivity index (χ4v) is 3.75. The number of aromatic nitrogens is 1. The summed E-state index contributed by atoms with van der Waals surface area (Å²) in [5, 5.41) is 10.9. The van der Waals surface area contributed by atoms with Gasteiger partial charge >= 0.3 is 0 Å². The van der Waals surface area contributed by atoms with E-state index in [9.17, 15) is 9.90 Å². The van der Waals surface area contributed by atoms with Crippen LogP contribution in [0, 0.1) is 6.92 Å². The second-order valence-electron chi connectivity index (χ2n) is 5.54. The van der Waals surface area contributed by atoms with E-state index in [2.05, 4.69) is 4.98 Å². The average molecular weight is 332 g/mol. The van der Waals surface area contributed by atoms with Crippen LogP contribution in [0.4, 0.5) is 0 Å². The highest BCUT2D eigenvalue weighted by atomic mass is 32.1. The number of nitrogens with zero attached hydrogens (tertiary/aromatic N) is 2. The van der Waals surface area contributed by atoms with Crippen molar-refractivity contribution in [2.75, 3.05) is 19.8 Å². The van der Waals surface area contributed by atoms with Crippen LogP contribution in [0.1, 0.15) is 21.6 Å². The van der Waals surface area contributed by atoms with Crippen LogP contribution in [-0.4, -0.2) is 52.8 Å². The second-order valence-corrected chi connectivity index (χ2v) is 6.74. The summed E-state index contributed by atoms with van der Waals surface area (Å²) in [7, 11) is 0. The van der Waals surface area contributed by atoms with Gasteiger partial charge in [-0.3, -0.25) is 4.79 Å². The average Bonchev–Trinajstić information content (AvgIpc) is 3.15. The lowest BCUT2D eigenvalue weighted by atomic mass is 10.1. The molecule has 1 fully saturated rings. The SMILES string of the molecule is CCN(C(=O)c1sc(C)nc1-c1ccccc1)[C@H]1COC[C@@H]1O. The zero-order chi connectivity index (χ0) is 16.4. The molecule has 2 aromatic rings. The van der Waals surface area contributed by atoms with Gasteiger partial charge in [-0.25, -0.2) is 4.98 Å². The number of hydrogen-bond donors (Lipinski definition) is 1. The fraction of sp³-hybridized carbons (Fsp3) is 0.412. The Morgan fingerprint density at radius 2 is 2.13 bits per heavy atom. The molecule has 2 atom stereocenters. The lowest BCUT2D eigenvalue weighted by Gasteiger charge is -2.28. The monoisotopic (exact) mass is 332 g/mol. The van der Waals surface area contributed by atoms with Crippen LogP contribution in [0.15, 0.2) is 30.3 Å². The first kappa shape index (κ1) is 16.1. The number of hydrogen-bond acceptors (Lipinski definition) is 5. The first-order valence-corrected chi connectivity index (χ1v) is 8.53. The van der Waals surface area contributed by atoms with Crippen molar-refractivity contribution in [2.45, 2.75) is 26.0 Å². The van der Waals surface area contributed by atoms with Crippen molar-refractivity contribution < 1.29 is 14.6 Å². The van der Waals surface area contributed by atoms with Crippen LogP contribution in [0.2, 0.25) is 0 Å². The molecular weight excluding hydrogens is 312 g/mol. The van der Waals surface area contributed by atoms with Crippen molar-refractivity contribution >= 4 is 17.2 Å². The number of carbonyl (C=O) groups excluding carboxylic acids is 1. The molecule has 0 aliphatic carbocycles. The van der Waals surface area contributed by atoms with Crippen LogP contribution in [0.5, 0.6) is 0 Å². The van der Waals surface area contributed by atoms with Gasteiger partial charge in [0.05, 0.1) is 36.1 Å². The maximum atomic E-state index is 13.0. The number of amides is 1. The quantitative estimate of drug-likeness (QED) is 0.933. The number of ether oxygens (including phenoxy) is 1. The molecule has 0 saturated carbocycles. The molecule has 3 rings (SSSR count). The lowest BCUT2D eigenvalue weighted by Crippen LogP contribution is -2.46. The molecule has 1 amide bonds. The van der Waals surface area contributed by atoms with Crippen molar-refractivity contribution in [3.63, 3.8) is 0 Å². The van der Waals surface area contributed by atoms with Crippen molar-refractivity contribution in [3.8, 4) is 11.3 Å². The maximum Gasteiger partial charge on any atom is 0.266 e. The van der Waals surface area contributed by atoms with Crippen LogP contribution in [0.3, 0.4) is 0 Å². The Morgan fingerprint density at radius 3 is 2.74 bits per heavy atom. The Labute approximate surface area is 139 Å². The van der Waals surface area contributed by atoms with Gasteiger partial charge in [0, 0.05) is 12.1 Å². The maximum absolute atomic E-state index is 13.0. The number of benzene rings is 1.